The second-order valence-electron chi connectivity index (χ2n) is 7.00. The minimum absolute atomic E-state index is 0.0321. The maximum absolute atomic E-state index is 12.1. The average Bonchev–Trinajstić information content (AvgIpc) is 3.13. The van der Waals surface area contributed by atoms with Gasteiger partial charge in [-0.2, -0.15) is 0 Å². The Labute approximate surface area is 190 Å². The number of para-hydroxylation sites is 3. The monoisotopic (exact) mass is 453 g/mol. The van der Waals surface area contributed by atoms with Gasteiger partial charge in [0.1, 0.15) is 11.6 Å². The maximum Gasteiger partial charge on any atom is 0.257 e. The molecule has 4 rings (SSSR count). The molecule has 4 aromatic rings. The number of halogens is 2. The topological polar surface area (TPSA) is 56.1 Å². The molecule has 7 heteroatoms. The lowest BCUT2D eigenvalue weighted by Crippen LogP contribution is -2.31. The zero-order chi connectivity index (χ0) is 21.6. The molecule has 1 N–H and O–H groups in total. The van der Waals surface area contributed by atoms with Gasteiger partial charge in [-0.05, 0) is 36.4 Å². The van der Waals surface area contributed by atoms with Crippen LogP contribution in [0.2, 0.25) is 10.0 Å². The Hall–Kier alpha value is -3.02. The standard InChI is InChI=1S/C24H21Cl2N3O2/c25-19-9-6-10-20(26)18(19)15-29-22-12-5-4-11-21(22)28-23(29)13-14-27-24(30)16-31-17-7-2-1-3-8-17/h1-12H,13-16H2,(H,27,30). The molecule has 5 nitrogen and oxygen atoms in total. The Kier molecular flexibility index (Phi) is 6.75. The van der Waals surface area contributed by atoms with E-state index in [-0.39, 0.29) is 12.5 Å². The molecule has 0 bridgehead atoms. The Balaban J connectivity index is 1.45. The molecule has 158 valence electrons. The molecule has 3 aromatic carbocycles. The number of amides is 1. The van der Waals surface area contributed by atoms with Gasteiger partial charge < -0.3 is 14.6 Å². The van der Waals surface area contributed by atoms with E-state index in [1.54, 1.807) is 0 Å². The van der Waals surface area contributed by atoms with Gasteiger partial charge in [-0.15, -0.1) is 0 Å². The Morgan fingerprint density at radius 3 is 2.42 bits per heavy atom. The van der Waals surface area contributed by atoms with Crippen LogP contribution in [0.3, 0.4) is 0 Å². The molecule has 0 saturated heterocycles. The van der Waals surface area contributed by atoms with Crippen LogP contribution in [0.4, 0.5) is 0 Å². The third-order valence-corrected chi connectivity index (χ3v) is 5.60. The zero-order valence-corrected chi connectivity index (χ0v) is 18.2. The molecule has 0 radical (unpaired) electrons. The summed E-state index contributed by atoms with van der Waals surface area (Å²) < 4.78 is 7.58. The fraction of sp³-hybridized carbons (Fsp3) is 0.167. The van der Waals surface area contributed by atoms with Crippen LogP contribution < -0.4 is 10.1 Å². The zero-order valence-electron chi connectivity index (χ0n) is 16.7. The minimum atomic E-state index is -0.180. The highest BCUT2D eigenvalue weighted by Gasteiger charge is 2.14. The van der Waals surface area contributed by atoms with Crippen molar-refractivity contribution in [2.24, 2.45) is 0 Å². The number of hydrogen-bond donors (Lipinski definition) is 1. The summed E-state index contributed by atoms with van der Waals surface area (Å²) in [5.41, 5.74) is 2.72. The number of fused-ring (bicyclic) bond motifs is 1. The summed E-state index contributed by atoms with van der Waals surface area (Å²) in [5.74, 6) is 1.33. The molecular weight excluding hydrogens is 433 g/mol. The minimum Gasteiger partial charge on any atom is -0.484 e. The van der Waals surface area contributed by atoms with E-state index in [0.717, 1.165) is 22.4 Å². The summed E-state index contributed by atoms with van der Waals surface area (Å²) >= 11 is 12.8. The van der Waals surface area contributed by atoms with E-state index in [9.17, 15) is 4.79 Å². The molecule has 0 spiro atoms. The van der Waals surface area contributed by atoms with Crippen molar-refractivity contribution >= 4 is 40.1 Å². The Morgan fingerprint density at radius 2 is 1.65 bits per heavy atom. The molecule has 1 heterocycles. The first kappa shape index (κ1) is 21.2. The molecular formula is C24H21Cl2N3O2. The largest absolute Gasteiger partial charge is 0.484 e. The highest BCUT2D eigenvalue weighted by molar-refractivity contribution is 6.36. The lowest BCUT2D eigenvalue weighted by molar-refractivity contribution is -0.123. The molecule has 0 aliphatic heterocycles. The van der Waals surface area contributed by atoms with Crippen LogP contribution in [0.25, 0.3) is 11.0 Å². The number of aromatic nitrogens is 2. The van der Waals surface area contributed by atoms with Gasteiger partial charge in [0, 0.05) is 28.6 Å². The van der Waals surface area contributed by atoms with Crippen LogP contribution >= 0.6 is 23.2 Å². The van der Waals surface area contributed by atoms with Crippen molar-refractivity contribution in [3.8, 4) is 5.75 Å². The van der Waals surface area contributed by atoms with Crippen LogP contribution in [0, 0.1) is 0 Å². The number of hydrogen-bond acceptors (Lipinski definition) is 3. The van der Waals surface area contributed by atoms with Crippen LogP contribution in [0.15, 0.2) is 72.8 Å². The van der Waals surface area contributed by atoms with Crippen molar-refractivity contribution in [1.82, 2.24) is 14.9 Å². The number of carbonyl (C=O) groups is 1. The highest BCUT2D eigenvalue weighted by Crippen LogP contribution is 2.27. The summed E-state index contributed by atoms with van der Waals surface area (Å²) in [6.07, 6.45) is 0.563. The predicted molar refractivity (Wildman–Crippen MR) is 124 cm³/mol. The average molecular weight is 454 g/mol. The first-order valence-electron chi connectivity index (χ1n) is 9.93. The van der Waals surface area contributed by atoms with Gasteiger partial charge in [-0.1, -0.05) is 59.6 Å². The molecule has 0 unspecified atom stereocenters. The Morgan fingerprint density at radius 1 is 0.935 bits per heavy atom. The van der Waals surface area contributed by atoms with Crippen molar-refractivity contribution < 1.29 is 9.53 Å². The fourth-order valence-electron chi connectivity index (χ4n) is 3.36. The lowest BCUT2D eigenvalue weighted by atomic mass is 10.2. The number of benzene rings is 3. The fourth-order valence-corrected chi connectivity index (χ4v) is 3.88. The smallest absolute Gasteiger partial charge is 0.257 e. The first-order chi connectivity index (χ1) is 15.1. The maximum atomic E-state index is 12.1. The third-order valence-electron chi connectivity index (χ3n) is 4.90. The van der Waals surface area contributed by atoms with E-state index in [1.165, 1.54) is 0 Å². The molecule has 1 aromatic heterocycles. The summed E-state index contributed by atoms with van der Waals surface area (Å²) in [7, 11) is 0. The summed E-state index contributed by atoms with van der Waals surface area (Å²) in [4.78, 5) is 16.9. The highest BCUT2D eigenvalue weighted by atomic mass is 35.5. The Bertz CT molecular complexity index is 1170. The van der Waals surface area contributed by atoms with Crippen LogP contribution in [0.1, 0.15) is 11.4 Å². The van der Waals surface area contributed by atoms with E-state index in [0.29, 0.717) is 35.3 Å². The number of ether oxygens (including phenoxy) is 1. The van der Waals surface area contributed by atoms with E-state index in [1.807, 2.05) is 72.8 Å². The number of nitrogens with one attached hydrogen (secondary N) is 1. The van der Waals surface area contributed by atoms with Crippen molar-refractivity contribution in [2.75, 3.05) is 13.2 Å². The van der Waals surface area contributed by atoms with Gasteiger partial charge in [0.25, 0.3) is 5.91 Å². The summed E-state index contributed by atoms with van der Waals surface area (Å²) in [5, 5.41) is 4.12. The third kappa shape index (κ3) is 5.19. The predicted octanol–water partition coefficient (Wildman–Crippen LogP) is 5.13. The second kappa shape index (κ2) is 9.86. The van der Waals surface area contributed by atoms with E-state index in [4.69, 9.17) is 32.9 Å². The summed E-state index contributed by atoms with van der Waals surface area (Å²) in [6.45, 7) is 0.908. The number of carbonyl (C=O) groups excluding carboxylic acids is 1. The quantitative estimate of drug-likeness (QED) is 0.402. The molecule has 0 aliphatic carbocycles. The van der Waals surface area contributed by atoms with Gasteiger partial charge >= 0.3 is 0 Å². The second-order valence-corrected chi connectivity index (χ2v) is 7.82. The summed E-state index contributed by atoms with van der Waals surface area (Å²) in [6, 6.07) is 22.7. The van der Waals surface area contributed by atoms with Gasteiger partial charge in [-0.25, -0.2) is 4.98 Å². The van der Waals surface area contributed by atoms with Crippen molar-refractivity contribution in [3.05, 3.63) is 94.2 Å². The normalized spacial score (nSPS) is 10.9. The van der Waals surface area contributed by atoms with Crippen LogP contribution in [0.5, 0.6) is 5.75 Å². The first-order valence-corrected chi connectivity index (χ1v) is 10.7. The van der Waals surface area contributed by atoms with E-state index < -0.39 is 0 Å². The lowest BCUT2D eigenvalue weighted by Gasteiger charge is -2.13. The number of rotatable bonds is 8. The van der Waals surface area contributed by atoms with Gasteiger partial charge in [0.2, 0.25) is 0 Å². The molecule has 1 amide bonds. The van der Waals surface area contributed by atoms with Crippen LogP contribution in [-0.2, 0) is 17.8 Å². The molecule has 0 fully saturated rings. The van der Waals surface area contributed by atoms with Gasteiger partial charge in [-0.3, -0.25) is 4.79 Å². The van der Waals surface area contributed by atoms with Crippen molar-refractivity contribution in [1.29, 1.82) is 0 Å². The van der Waals surface area contributed by atoms with E-state index in [2.05, 4.69) is 9.88 Å². The van der Waals surface area contributed by atoms with Crippen molar-refractivity contribution in [2.45, 2.75) is 13.0 Å². The number of imidazole rings is 1. The molecule has 0 saturated carbocycles. The van der Waals surface area contributed by atoms with Crippen LogP contribution in [-0.4, -0.2) is 28.6 Å². The van der Waals surface area contributed by atoms with E-state index >= 15 is 0 Å². The van der Waals surface area contributed by atoms with Gasteiger partial charge in [0.05, 0.1) is 17.6 Å². The number of nitrogens with zero attached hydrogens (tertiary/aromatic N) is 2. The van der Waals surface area contributed by atoms with Gasteiger partial charge in [0.15, 0.2) is 6.61 Å². The molecule has 0 aliphatic rings. The SMILES string of the molecule is O=C(COc1ccccc1)NCCc1nc2ccccc2n1Cc1c(Cl)cccc1Cl. The molecule has 31 heavy (non-hydrogen) atoms. The molecule has 0 atom stereocenters. The van der Waals surface area contributed by atoms with Crippen molar-refractivity contribution in [3.63, 3.8) is 0 Å².